The molecule has 2 amide bonds. The average molecular weight is 408 g/mol. The summed E-state index contributed by atoms with van der Waals surface area (Å²) in [7, 11) is 1.09. The molecule has 2 aliphatic rings. The van der Waals surface area contributed by atoms with E-state index in [0.29, 0.717) is 9.37 Å². The summed E-state index contributed by atoms with van der Waals surface area (Å²) in [5, 5.41) is 2.56. The van der Waals surface area contributed by atoms with Gasteiger partial charge in [-0.25, -0.2) is 4.79 Å². The maximum atomic E-state index is 14.0. The fourth-order valence-corrected chi connectivity index (χ4v) is 2.99. The van der Waals surface area contributed by atoms with E-state index in [0.717, 1.165) is 19.9 Å². The van der Waals surface area contributed by atoms with Crippen LogP contribution in [0.25, 0.3) is 0 Å². The van der Waals surface area contributed by atoms with E-state index in [9.17, 15) is 18.0 Å². The number of carbonyl (C=O) groups is 1. The number of urea groups is 1. The van der Waals surface area contributed by atoms with Gasteiger partial charge in [-0.05, 0) is 40.9 Å². The van der Waals surface area contributed by atoms with Crippen molar-refractivity contribution in [3.05, 3.63) is 27.2 Å². The zero-order valence-corrected chi connectivity index (χ0v) is 14.2. The molecule has 1 heterocycles. The van der Waals surface area contributed by atoms with Crippen molar-refractivity contribution in [2.75, 3.05) is 12.4 Å². The van der Waals surface area contributed by atoms with Crippen LogP contribution in [0.4, 0.5) is 23.7 Å². The van der Waals surface area contributed by atoms with E-state index >= 15 is 0 Å². The van der Waals surface area contributed by atoms with Crippen LogP contribution in [0.2, 0.25) is 5.02 Å². The van der Waals surface area contributed by atoms with Gasteiger partial charge in [-0.1, -0.05) is 23.4 Å². The Kier molecular flexibility index (Phi) is 3.81. The van der Waals surface area contributed by atoms with Crippen molar-refractivity contribution in [3.8, 4) is 11.8 Å². The molecule has 1 aliphatic heterocycles. The second kappa shape index (κ2) is 5.32. The third kappa shape index (κ3) is 2.58. The zero-order valence-electron chi connectivity index (χ0n) is 11.9. The van der Waals surface area contributed by atoms with Gasteiger partial charge < -0.3 is 5.32 Å². The van der Waals surface area contributed by atoms with E-state index in [4.69, 9.17) is 11.6 Å². The van der Waals surface area contributed by atoms with E-state index in [1.165, 1.54) is 12.1 Å². The Morgan fingerprint density at radius 3 is 2.65 bits per heavy atom. The summed E-state index contributed by atoms with van der Waals surface area (Å²) < 4.78 is 42.5. The Morgan fingerprint density at radius 2 is 2.09 bits per heavy atom. The van der Waals surface area contributed by atoms with Crippen molar-refractivity contribution < 1.29 is 18.0 Å². The van der Waals surface area contributed by atoms with Crippen molar-refractivity contribution >= 4 is 39.2 Å². The Hall–Kier alpha value is -1.39. The molecule has 0 bridgehead atoms. The minimum absolute atomic E-state index is 0.0398. The first-order valence-corrected chi connectivity index (χ1v) is 7.97. The lowest BCUT2D eigenvalue weighted by atomic mass is 9.85. The molecule has 3 rings (SSSR count). The number of nitrogens with one attached hydrogen (secondary N) is 1. The molecule has 0 radical (unpaired) electrons. The van der Waals surface area contributed by atoms with Crippen LogP contribution in [0.1, 0.15) is 18.4 Å². The number of hydrogen-bond donors (Lipinski definition) is 1. The van der Waals surface area contributed by atoms with Gasteiger partial charge in [0.1, 0.15) is 0 Å². The van der Waals surface area contributed by atoms with Crippen LogP contribution in [0, 0.1) is 17.8 Å². The van der Waals surface area contributed by atoms with Crippen LogP contribution in [0.5, 0.6) is 0 Å². The Balaban J connectivity index is 2.31. The maximum Gasteiger partial charge on any atom is 0.427 e. The molecule has 1 atom stereocenters. The number of nitrogens with zero attached hydrogens (tertiary/aromatic N) is 1. The van der Waals surface area contributed by atoms with Crippen molar-refractivity contribution in [2.45, 2.75) is 24.6 Å². The molecule has 1 N–H and O–H groups in total. The van der Waals surface area contributed by atoms with Gasteiger partial charge in [-0.3, -0.25) is 4.90 Å². The number of fused-ring (bicyclic) bond motifs is 1. The van der Waals surface area contributed by atoms with Gasteiger partial charge in [-0.2, -0.15) is 13.2 Å². The number of hydrogen-bond acceptors (Lipinski definition) is 1. The SMILES string of the molecule is CN1C(=O)Nc2cc(Br)c(Cl)cc2C1(C#CC1CC1)C(F)(F)F. The summed E-state index contributed by atoms with van der Waals surface area (Å²) in [4.78, 5) is 12.7. The first-order valence-electron chi connectivity index (χ1n) is 6.80. The monoisotopic (exact) mass is 406 g/mol. The Bertz CT molecular complexity index is 752. The molecule has 0 saturated heterocycles. The summed E-state index contributed by atoms with van der Waals surface area (Å²) in [6, 6.07) is 1.70. The first kappa shape index (κ1) is 16.5. The maximum absolute atomic E-state index is 14.0. The molecule has 1 aromatic rings. The highest BCUT2D eigenvalue weighted by molar-refractivity contribution is 9.10. The van der Waals surface area contributed by atoms with Gasteiger partial charge >= 0.3 is 12.2 Å². The molecular formula is C15H11BrClF3N2O. The number of halogens is 5. The van der Waals surface area contributed by atoms with E-state index in [1.54, 1.807) is 0 Å². The van der Waals surface area contributed by atoms with Gasteiger partial charge in [0.05, 0.1) is 10.7 Å². The number of anilines is 1. The predicted octanol–water partition coefficient (Wildman–Crippen LogP) is 4.75. The summed E-state index contributed by atoms with van der Waals surface area (Å²) >= 11 is 9.14. The van der Waals surface area contributed by atoms with Crippen LogP contribution in [0.15, 0.2) is 16.6 Å². The van der Waals surface area contributed by atoms with E-state index < -0.39 is 17.7 Å². The first-order chi connectivity index (χ1) is 10.7. The highest BCUT2D eigenvalue weighted by atomic mass is 79.9. The van der Waals surface area contributed by atoms with Gasteiger partial charge in [0, 0.05) is 23.0 Å². The number of alkyl halides is 3. The normalized spacial score (nSPS) is 23.7. The lowest BCUT2D eigenvalue weighted by Crippen LogP contribution is -2.59. The van der Waals surface area contributed by atoms with Crippen molar-refractivity contribution in [1.82, 2.24) is 4.90 Å². The fourth-order valence-electron chi connectivity index (χ4n) is 2.48. The lowest BCUT2D eigenvalue weighted by Gasteiger charge is -2.43. The molecule has 1 aliphatic carbocycles. The highest BCUT2D eigenvalue weighted by Gasteiger charge is 2.62. The summed E-state index contributed by atoms with van der Waals surface area (Å²) in [5.41, 5.74) is -2.84. The van der Waals surface area contributed by atoms with Crippen molar-refractivity contribution in [1.29, 1.82) is 0 Å². The predicted molar refractivity (Wildman–Crippen MR) is 84.2 cm³/mol. The number of rotatable bonds is 0. The topological polar surface area (TPSA) is 32.3 Å². The van der Waals surface area contributed by atoms with E-state index in [2.05, 4.69) is 33.1 Å². The van der Waals surface area contributed by atoms with Gasteiger partial charge in [-0.15, -0.1) is 0 Å². The average Bonchev–Trinajstić information content (AvgIpc) is 3.25. The van der Waals surface area contributed by atoms with E-state index in [-0.39, 0.29) is 22.2 Å². The van der Waals surface area contributed by atoms with Crippen LogP contribution >= 0.6 is 27.5 Å². The molecule has 1 aromatic carbocycles. The minimum atomic E-state index is -4.77. The van der Waals surface area contributed by atoms with Crippen LogP contribution in [-0.4, -0.2) is 24.2 Å². The number of benzene rings is 1. The summed E-state index contributed by atoms with van der Waals surface area (Å²) in [5.74, 6) is 4.95. The standard InChI is InChI=1S/C15H11BrClF3N2O/c1-22-13(23)21-12-7-10(16)11(17)6-9(12)14(22,15(18,19)20)5-4-8-2-3-8/h6-8H,2-3H2,1H3,(H,21,23). The zero-order chi connectivity index (χ0) is 17.0. The van der Waals surface area contributed by atoms with E-state index in [1.807, 2.05) is 0 Å². The third-order valence-electron chi connectivity index (χ3n) is 3.94. The number of amides is 2. The molecule has 1 fully saturated rings. The molecule has 0 aromatic heterocycles. The Labute approximate surface area is 144 Å². The van der Waals surface area contributed by atoms with Crippen molar-refractivity contribution in [3.63, 3.8) is 0 Å². The van der Waals surface area contributed by atoms with Gasteiger partial charge in [0.2, 0.25) is 5.54 Å². The molecule has 0 spiro atoms. The summed E-state index contributed by atoms with van der Waals surface area (Å²) in [6.45, 7) is 0. The molecule has 23 heavy (non-hydrogen) atoms. The largest absolute Gasteiger partial charge is 0.427 e. The molecule has 8 heteroatoms. The lowest BCUT2D eigenvalue weighted by molar-refractivity contribution is -0.203. The van der Waals surface area contributed by atoms with Crippen molar-refractivity contribution in [2.24, 2.45) is 5.92 Å². The highest BCUT2D eigenvalue weighted by Crippen LogP contribution is 2.50. The third-order valence-corrected chi connectivity index (χ3v) is 5.14. The fraction of sp³-hybridized carbons (Fsp3) is 0.400. The molecule has 1 saturated carbocycles. The molecule has 122 valence electrons. The molecule has 3 nitrogen and oxygen atoms in total. The molecular weight excluding hydrogens is 397 g/mol. The molecule has 1 unspecified atom stereocenters. The minimum Gasteiger partial charge on any atom is -0.307 e. The van der Waals surface area contributed by atoms with Crippen LogP contribution < -0.4 is 5.32 Å². The second-order valence-electron chi connectivity index (χ2n) is 5.55. The Morgan fingerprint density at radius 1 is 1.43 bits per heavy atom. The van der Waals surface area contributed by atoms with Gasteiger partial charge in [0.25, 0.3) is 0 Å². The summed E-state index contributed by atoms with van der Waals surface area (Å²) in [6.07, 6.45) is -3.21. The second-order valence-corrected chi connectivity index (χ2v) is 6.81. The smallest absolute Gasteiger partial charge is 0.307 e. The van der Waals surface area contributed by atoms with Gasteiger partial charge in [0.15, 0.2) is 0 Å². The number of carbonyl (C=O) groups excluding carboxylic acids is 1. The van der Waals surface area contributed by atoms with Crippen LogP contribution in [-0.2, 0) is 5.54 Å². The quantitative estimate of drug-likeness (QED) is 0.619. The van der Waals surface area contributed by atoms with Crippen LogP contribution in [0.3, 0.4) is 0 Å².